The van der Waals surface area contributed by atoms with Crippen LogP contribution in [0.2, 0.25) is 0 Å². The van der Waals surface area contributed by atoms with Gasteiger partial charge in [0.05, 0.1) is 0 Å². The Kier molecular flexibility index (Phi) is 13.7. The molecule has 6 heteroatoms. The molecule has 0 saturated heterocycles. The summed E-state index contributed by atoms with van der Waals surface area (Å²) in [5, 5.41) is 8.01. The SMILES string of the molecule is C[C@@H](Cc1ccc(C#CCCNC(=O)OCc2ccccc2)c2ccccc12)C(=O)Nc1ccc(CCCCCCN(C)C)cc1. The van der Waals surface area contributed by atoms with Crippen LogP contribution in [0.25, 0.3) is 10.8 Å². The van der Waals surface area contributed by atoms with Crippen molar-refractivity contribution in [3.8, 4) is 11.8 Å². The molecule has 0 radical (unpaired) electrons. The highest BCUT2D eigenvalue weighted by Gasteiger charge is 2.16. The van der Waals surface area contributed by atoms with E-state index in [1.54, 1.807) is 0 Å². The standard InChI is InChI=1S/C40H47N3O3/c1-31(39(44)42-36-25-21-32(22-26-36)15-7-4-5-14-28-43(2)3)29-35-24-23-34(37-19-10-11-20-38(35)37)18-12-13-27-41-40(45)46-30-33-16-8-6-9-17-33/h6,8-11,16-17,19-26,31H,4-5,7,13-15,27-30H2,1-3H3,(H,41,45)(H,42,44)/t31-/m0/s1. The van der Waals surface area contributed by atoms with Crippen molar-refractivity contribution >= 4 is 28.5 Å². The fourth-order valence-corrected chi connectivity index (χ4v) is 5.36. The number of carbonyl (C=O) groups excluding carboxylic acids is 2. The first-order valence-electron chi connectivity index (χ1n) is 16.4. The summed E-state index contributed by atoms with van der Waals surface area (Å²) in [6.07, 6.45) is 6.71. The lowest BCUT2D eigenvalue weighted by Crippen LogP contribution is -2.24. The van der Waals surface area contributed by atoms with Crippen molar-refractivity contribution in [3.63, 3.8) is 0 Å². The van der Waals surface area contributed by atoms with Crippen LogP contribution in [0, 0.1) is 17.8 Å². The molecule has 4 aromatic rings. The normalized spacial score (nSPS) is 11.5. The highest BCUT2D eigenvalue weighted by molar-refractivity contribution is 5.94. The first kappa shape index (κ1) is 34.3. The van der Waals surface area contributed by atoms with E-state index in [4.69, 9.17) is 4.74 Å². The molecular weight excluding hydrogens is 570 g/mol. The number of alkyl carbamates (subject to hydrolysis) is 1. The monoisotopic (exact) mass is 617 g/mol. The number of hydrogen-bond acceptors (Lipinski definition) is 4. The van der Waals surface area contributed by atoms with E-state index in [9.17, 15) is 9.59 Å². The minimum absolute atomic E-state index is 0.0105. The second kappa shape index (κ2) is 18.4. The zero-order valence-corrected chi connectivity index (χ0v) is 27.5. The maximum atomic E-state index is 13.1. The van der Waals surface area contributed by atoms with Crippen molar-refractivity contribution in [3.05, 3.63) is 113 Å². The first-order valence-corrected chi connectivity index (χ1v) is 16.4. The Morgan fingerprint density at radius 2 is 1.52 bits per heavy atom. The third-order valence-corrected chi connectivity index (χ3v) is 7.99. The fourth-order valence-electron chi connectivity index (χ4n) is 5.36. The lowest BCUT2D eigenvalue weighted by molar-refractivity contribution is -0.119. The average Bonchev–Trinajstić information content (AvgIpc) is 3.07. The molecule has 0 spiro atoms. The van der Waals surface area contributed by atoms with E-state index >= 15 is 0 Å². The van der Waals surface area contributed by atoms with Gasteiger partial charge in [-0.25, -0.2) is 4.79 Å². The Labute approximate surface area is 274 Å². The van der Waals surface area contributed by atoms with Crippen LogP contribution in [0.5, 0.6) is 0 Å². The van der Waals surface area contributed by atoms with Crippen molar-refractivity contribution in [2.45, 2.75) is 58.5 Å². The number of nitrogens with zero attached hydrogens (tertiary/aromatic N) is 1. The van der Waals surface area contributed by atoms with Crippen LogP contribution >= 0.6 is 0 Å². The van der Waals surface area contributed by atoms with Crippen LogP contribution in [0.3, 0.4) is 0 Å². The molecule has 0 aromatic heterocycles. The zero-order chi connectivity index (χ0) is 32.6. The smallest absolute Gasteiger partial charge is 0.407 e. The summed E-state index contributed by atoms with van der Waals surface area (Å²) >= 11 is 0. The van der Waals surface area contributed by atoms with Gasteiger partial charge >= 0.3 is 6.09 Å². The maximum absolute atomic E-state index is 13.1. The Morgan fingerprint density at radius 1 is 0.804 bits per heavy atom. The topological polar surface area (TPSA) is 70.7 Å². The molecule has 0 saturated carbocycles. The van der Waals surface area contributed by atoms with Crippen molar-refractivity contribution in [1.29, 1.82) is 0 Å². The first-order chi connectivity index (χ1) is 22.4. The largest absolute Gasteiger partial charge is 0.445 e. The van der Waals surface area contributed by atoms with Gasteiger partial charge in [0, 0.05) is 30.1 Å². The number of aryl methyl sites for hydroxylation is 1. The third-order valence-electron chi connectivity index (χ3n) is 7.99. The number of carbonyl (C=O) groups is 2. The molecule has 0 unspecified atom stereocenters. The molecule has 0 aliphatic heterocycles. The quantitative estimate of drug-likeness (QED) is 0.105. The Balaban J connectivity index is 1.24. The number of anilines is 1. The van der Waals surface area contributed by atoms with Gasteiger partial charge in [0.15, 0.2) is 0 Å². The van der Waals surface area contributed by atoms with E-state index in [1.165, 1.54) is 31.2 Å². The number of ether oxygens (including phenoxy) is 1. The summed E-state index contributed by atoms with van der Waals surface area (Å²) in [4.78, 5) is 27.3. The van der Waals surface area contributed by atoms with Gasteiger partial charge in [-0.2, -0.15) is 0 Å². The van der Waals surface area contributed by atoms with Crippen LogP contribution in [0.15, 0.2) is 91.0 Å². The lowest BCUT2D eigenvalue weighted by atomic mass is 9.93. The Bertz CT molecular complexity index is 1600. The van der Waals surface area contributed by atoms with Crippen molar-refractivity contribution in [1.82, 2.24) is 10.2 Å². The molecule has 0 heterocycles. The number of rotatable bonds is 15. The van der Waals surface area contributed by atoms with Crippen LogP contribution in [-0.4, -0.2) is 44.1 Å². The summed E-state index contributed by atoms with van der Waals surface area (Å²) in [6.45, 7) is 3.77. The molecule has 240 valence electrons. The van der Waals surface area contributed by atoms with Gasteiger partial charge in [-0.1, -0.05) is 104 Å². The van der Waals surface area contributed by atoms with Gasteiger partial charge in [-0.05, 0) is 92.0 Å². The summed E-state index contributed by atoms with van der Waals surface area (Å²) < 4.78 is 5.25. The minimum atomic E-state index is -0.451. The maximum Gasteiger partial charge on any atom is 0.407 e. The predicted octanol–water partition coefficient (Wildman–Crippen LogP) is 7.99. The van der Waals surface area contributed by atoms with E-state index in [-0.39, 0.29) is 18.4 Å². The average molecular weight is 618 g/mol. The third kappa shape index (κ3) is 11.4. The molecule has 2 amide bonds. The number of fused-ring (bicyclic) bond motifs is 1. The van der Waals surface area contributed by atoms with Crippen molar-refractivity contribution in [2.24, 2.45) is 5.92 Å². The highest BCUT2D eigenvalue weighted by Crippen LogP contribution is 2.25. The molecule has 0 fully saturated rings. The van der Waals surface area contributed by atoms with Gasteiger partial charge in [0.1, 0.15) is 6.61 Å². The number of amides is 2. The molecular formula is C40H47N3O3. The number of benzene rings is 4. The molecule has 0 aliphatic rings. The van der Waals surface area contributed by atoms with E-state index in [0.29, 0.717) is 19.4 Å². The zero-order valence-electron chi connectivity index (χ0n) is 27.5. The molecule has 1 atom stereocenters. The number of hydrogen-bond donors (Lipinski definition) is 2. The predicted molar refractivity (Wildman–Crippen MR) is 189 cm³/mol. The Morgan fingerprint density at radius 3 is 2.28 bits per heavy atom. The van der Waals surface area contributed by atoms with E-state index in [1.807, 2.05) is 67.6 Å². The Hall–Kier alpha value is -4.60. The molecule has 4 rings (SSSR count). The highest BCUT2D eigenvalue weighted by atomic mass is 16.5. The van der Waals surface area contributed by atoms with Crippen LogP contribution < -0.4 is 10.6 Å². The van der Waals surface area contributed by atoms with Crippen LogP contribution in [-0.2, 0) is 29.0 Å². The molecule has 4 aromatic carbocycles. The van der Waals surface area contributed by atoms with Crippen LogP contribution in [0.4, 0.5) is 10.5 Å². The molecule has 46 heavy (non-hydrogen) atoms. The summed E-state index contributed by atoms with van der Waals surface area (Å²) in [5.74, 6) is 6.24. The van der Waals surface area contributed by atoms with Crippen molar-refractivity contribution < 1.29 is 14.3 Å². The van der Waals surface area contributed by atoms with Crippen molar-refractivity contribution in [2.75, 3.05) is 32.5 Å². The summed E-state index contributed by atoms with van der Waals surface area (Å²) in [6, 6.07) is 30.1. The van der Waals surface area contributed by atoms with Gasteiger partial charge in [0.2, 0.25) is 5.91 Å². The van der Waals surface area contributed by atoms with Gasteiger partial charge in [0.25, 0.3) is 0 Å². The summed E-state index contributed by atoms with van der Waals surface area (Å²) in [5.41, 5.74) is 5.14. The molecule has 0 aliphatic carbocycles. The van der Waals surface area contributed by atoms with E-state index in [2.05, 4.69) is 71.8 Å². The fraction of sp³-hybridized carbons (Fsp3) is 0.350. The number of nitrogens with one attached hydrogen (secondary N) is 2. The molecule has 0 bridgehead atoms. The van der Waals surface area contributed by atoms with Gasteiger partial charge in [-0.3, -0.25) is 4.79 Å². The second-order valence-electron chi connectivity index (χ2n) is 12.1. The van der Waals surface area contributed by atoms with Gasteiger partial charge < -0.3 is 20.3 Å². The van der Waals surface area contributed by atoms with Gasteiger partial charge in [-0.15, -0.1) is 0 Å². The summed E-state index contributed by atoms with van der Waals surface area (Å²) in [7, 11) is 4.24. The van der Waals surface area contributed by atoms with E-state index in [0.717, 1.165) is 46.1 Å². The second-order valence-corrected chi connectivity index (χ2v) is 12.1. The lowest BCUT2D eigenvalue weighted by Gasteiger charge is -2.15. The number of unbranched alkanes of at least 4 members (excludes halogenated alkanes) is 3. The van der Waals surface area contributed by atoms with E-state index < -0.39 is 6.09 Å². The van der Waals surface area contributed by atoms with Crippen LogP contribution in [0.1, 0.15) is 61.3 Å². The molecule has 6 nitrogen and oxygen atoms in total. The minimum Gasteiger partial charge on any atom is -0.445 e. The molecule has 2 N–H and O–H groups in total.